The zero-order valence-corrected chi connectivity index (χ0v) is 41.7. The molecular formula is C53H93NO11. The van der Waals surface area contributed by atoms with Gasteiger partial charge in [-0.05, 0) is 129 Å². The zero-order chi connectivity index (χ0) is 47.3. The second-order valence-electron chi connectivity index (χ2n) is 16.9. The average molecular weight is 920 g/mol. The minimum atomic E-state index is -0.791. The van der Waals surface area contributed by atoms with Crippen molar-refractivity contribution in [3.8, 4) is 0 Å². The number of hydrogen-bond acceptors (Lipinski definition) is 12. The lowest BCUT2D eigenvalue weighted by Crippen LogP contribution is -2.37. The summed E-state index contributed by atoms with van der Waals surface area (Å²) < 4.78 is 46.7. The summed E-state index contributed by atoms with van der Waals surface area (Å²) in [4.78, 5) is 41.3. The lowest BCUT2D eigenvalue weighted by atomic mass is 9.99. The molecule has 1 fully saturated rings. The molecule has 1 aliphatic rings. The minimum absolute atomic E-state index is 0.0843. The van der Waals surface area contributed by atoms with Crippen molar-refractivity contribution in [3.63, 3.8) is 0 Å². The van der Waals surface area contributed by atoms with E-state index in [1.165, 1.54) is 0 Å². The van der Waals surface area contributed by atoms with Gasteiger partial charge >= 0.3 is 18.1 Å². The predicted molar refractivity (Wildman–Crippen MR) is 261 cm³/mol. The molecule has 1 saturated heterocycles. The zero-order valence-electron chi connectivity index (χ0n) is 41.7. The highest BCUT2D eigenvalue weighted by molar-refractivity contribution is 5.70. The normalized spacial score (nSPS) is 14.9. The van der Waals surface area contributed by atoms with E-state index >= 15 is 0 Å². The molecule has 1 unspecified atom stereocenters. The number of unbranched alkanes of at least 4 members (excludes halogenated alkanes) is 8. The van der Waals surface area contributed by atoms with Gasteiger partial charge in [-0.1, -0.05) is 83.2 Å². The quantitative estimate of drug-likeness (QED) is 0.0190. The smallest absolute Gasteiger partial charge is 0.465 e. The number of allylic oxidation sites excluding steroid dienone is 8. The van der Waals surface area contributed by atoms with Crippen molar-refractivity contribution in [2.24, 2.45) is 11.8 Å². The number of rotatable bonds is 43. The molecule has 0 aromatic heterocycles. The Balaban J connectivity index is 2.81. The largest absolute Gasteiger partial charge is 0.508 e. The molecule has 0 bridgehead atoms. The fraction of sp³-hybridized carbons (Fsp3) is 0.792. The SMILES string of the molecule is CC/C=C\CCCCOC(CCC(=O)OCC(COC(=O)CCC(OCCCC/C=C\CC)OCCCC/C=C\CC)COC(=O)OCC1CCCN(CC)C1)OCCCC/C=C\CC. The second kappa shape index (κ2) is 44.8. The molecule has 65 heavy (non-hydrogen) atoms. The van der Waals surface area contributed by atoms with Gasteiger partial charge < -0.3 is 42.8 Å². The highest BCUT2D eigenvalue weighted by Gasteiger charge is 2.23. The Morgan fingerprint density at radius 2 is 0.923 bits per heavy atom. The third-order valence-electron chi connectivity index (χ3n) is 10.9. The third-order valence-corrected chi connectivity index (χ3v) is 10.9. The van der Waals surface area contributed by atoms with E-state index in [0.29, 0.717) is 39.3 Å². The lowest BCUT2D eigenvalue weighted by Gasteiger charge is -2.31. The van der Waals surface area contributed by atoms with E-state index in [0.717, 1.165) is 135 Å². The fourth-order valence-electron chi connectivity index (χ4n) is 7.05. The average Bonchev–Trinajstić information content (AvgIpc) is 3.32. The van der Waals surface area contributed by atoms with Gasteiger partial charge in [0.1, 0.15) is 19.8 Å². The van der Waals surface area contributed by atoms with Gasteiger partial charge in [-0.25, -0.2) is 4.79 Å². The van der Waals surface area contributed by atoms with Crippen molar-refractivity contribution in [3.05, 3.63) is 48.6 Å². The molecule has 1 rings (SSSR count). The fourth-order valence-corrected chi connectivity index (χ4v) is 7.05. The monoisotopic (exact) mass is 920 g/mol. The highest BCUT2D eigenvalue weighted by Crippen LogP contribution is 2.18. The van der Waals surface area contributed by atoms with Crippen molar-refractivity contribution in [1.29, 1.82) is 0 Å². The molecule has 0 radical (unpaired) electrons. The summed E-state index contributed by atoms with van der Waals surface area (Å²) in [5.41, 5.74) is 0. The van der Waals surface area contributed by atoms with Crippen LogP contribution in [0, 0.1) is 11.8 Å². The van der Waals surface area contributed by atoms with Crippen molar-refractivity contribution < 1.29 is 52.3 Å². The first-order valence-corrected chi connectivity index (χ1v) is 25.7. The van der Waals surface area contributed by atoms with Crippen LogP contribution in [0.1, 0.15) is 176 Å². The summed E-state index contributed by atoms with van der Waals surface area (Å²) in [6.45, 7) is 15.6. The van der Waals surface area contributed by atoms with Crippen LogP contribution in [0.5, 0.6) is 0 Å². The topological polar surface area (TPSA) is 128 Å². The van der Waals surface area contributed by atoms with Crippen LogP contribution in [-0.2, 0) is 47.5 Å². The molecule has 1 heterocycles. The Morgan fingerprint density at radius 1 is 0.523 bits per heavy atom. The number of nitrogens with zero attached hydrogens (tertiary/aromatic N) is 1. The van der Waals surface area contributed by atoms with E-state index in [2.05, 4.69) is 88.1 Å². The number of ether oxygens (including phenoxy) is 8. The van der Waals surface area contributed by atoms with Crippen molar-refractivity contribution in [2.75, 3.05) is 72.5 Å². The molecular weight excluding hydrogens is 827 g/mol. The Morgan fingerprint density at radius 3 is 1.31 bits per heavy atom. The summed E-state index contributed by atoms with van der Waals surface area (Å²) in [5.74, 6) is -1.22. The van der Waals surface area contributed by atoms with E-state index < -0.39 is 36.6 Å². The molecule has 0 spiro atoms. The molecule has 12 heteroatoms. The lowest BCUT2D eigenvalue weighted by molar-refractivity contribution is -0.163. The number of hydrogen-bond donors (Lipinski definition) is 0. The van der Waals surface area contributed by atoms with E-state index in [-0.39, 0.29) is 45.2 Å². The summed E-state index contributed by atoms with van der Waals surface area (Å²) in [6.07, 6.45) is 34.4. The maximum absolute atomic E-state index is 13.1. The van der Waals surface area contributed by atoms with E-state index in [1.807, 2.05) is 0 Å². The van der Waals surface area contributed by atoms with E-state index in [4.69, 9.17) is 37.9 Å². The molecule has 0 aromatic rings. The first-order valence-electron chi connectivity index (χ1n) is 25.7. The van der Waals surface area contributed by atoms with Crippen molar-refractivity contribution in [2.45, 2.75) is 188 Å². The molecule has 0 saturated carbocycles. The van der Waals surface area contributed by atoms with Gasteiger partial charge in [0.15, 0.2) is 12.6 Å². The first-order chi connectivity index (χ1) is 31.8. The van der Waals surface area contributed by atoms with Gasteiger partial charge in [-0.15, -0.1) is 0 Å². The molecule has 0 amide bonds. The van der Waals surface area contributed by atoms with Gasteiger partial charge in [-0.2, -0.15) is 0 Å². The van der Waals surface area contributed by atoms with Crippen LogP contribution in [-0.4, -0.2) is 108 Å². The maximum atomic E-state index is 13.1. The standard InChI is InChI=1S/C53H93NO11/c1-6-11-15-19-23-27-38-58-51(59-39-28-24-20-16-12-7-2)35-33-49(55)62-44-48(46-65-53(57)64-43-47-32-31-37-54(10-5)42-47)45-63-50(56)34-36-52(60-40-29-25-21-17-13-8-3)61-41-30-26-22-18-14-9-4/h11-18,47-48,51-52H,6-10,19-46H2,1-5H3/b15-11-,16-12-,17-13-,18-14-. The van der Waals surface area contributed by atoms with Crippen LogP contribution in [0.15, 0.2) is 48.6 Å². The molecule has 0 N–H and O–H groups in total. The number of carbonyl (C=O) groups is 3. The van der Waals surface area contributed by atoms with E-state index in [9.17, 15) is 14.4 Å². The van der Waals surface area contributed by atoms with Gasteiger partial charge in [0.25, 0.3) is 0 Å². The summed E-state index contributed by atoms with van der Waals surface area (Å²) in [6, 6.07) is 0. The van der Waals surface area contributed by atoms with Gasteiger partial charge in [0, 0.05) is 51.7 Å². The van der Waals surface area contributed by atoms with E-state index in [1.54, 1.807) is 0 Å². The van der Waals surface area contributed by atoms with Crippen LogP contribution >= 0.6 is 0 Å². The summed E-state index contributed by atoms with van der Waals surface area (Å²) in [7, 11) is 0. The number of carbonyl (C=O) groups excluding carboxylic acids is 3. The molecule has 1 aliphatic heterocycles. The number of piperidine rings is 1. The molecule has 12 nitrogen and oxygen atoms in total. The molecule has 376 valence electrons. The van der Waals surface area contributed by atoms with Gasteiger partial charge in [0.2, 0.25) is 0 Å². The van der Waals surface area contributed by atoms with Gasteiger partial charge in [0.05, 0.1) is 25.4 Å². The number of esters is 2. The van der Waals surface area contributed by atoms with Crippen LogP contribution in [0.25, 0.3) is 0 Å². The summed E-state index contributed by atoms with van der Waals surface area (Å²) in [5, 5.41) is 0. The van der Waals surface area contributed by atoms with Crippen LogP contribution in [0.2, 0.25) is 0 Å². The highest BCUT2D eigenvalue weighted by atomic mass is 16.7. The Hall–Kier alpha value is -3.03. The predicted octanol–water partition coefficient (Wildman–Crippen LogP) is 12.4. The third kappa shape index (κ3) is 37.7. The first kappa shape index (κ1) is 60.0. The number of likely N-dealkylation sites (tertiary alicyclic amines) is 1. The second-order valence-corrected chi connectivity index (χ2v) is 16.9. The molecule has 0 aliphatic carbocycles. The molecule has 0 aromatic carbocycles. The Kier molecular flexibility index (Phi) is 41.3. The van der Waals surface area contributed by atoms with Crippen molar-refractivity contribution in [1.82, 2.24) is 4.90 Å². The van der Waals surface area contributed by atoms with Crippen LogP contribution in [0.3, 0.4) is 0 Å². The van der Waals surface area contributed by atoms with Crippen molar-refractivity contribution >= 4 is 18.1 Å². The summed E-state index contributed by atoms with van der Waals surface area (Å²) >= 11 is 0. The van der Waals surface area contributed by atoms with Crippen LogP contribution in [0.4, 0.5) is 4.79 Å². The van der Waals surface area contributed by atoms with Gasteiger partial charge in [-0.3, -0.25) is 9.59 Å². The Labute approximate surface area is 395 Å². The Bertz CT molecular complexity index is 1130. The minimum Gasteiger partial charge on any atom is -0.465 e. The maximum Gasteiger partial charge on any atom is 0.508 e. The molecule has 1 atom stereocenters. The van der Waals surface area contributed by atoms with Crippen LogP contribution < -0.4 is 0 Å².